The van der Waals surface area contributed by atoms with Crippen LogP contribution in [0.2, 0.25) is 0 Å². The van der Waals surface area contributed by atoms with Crippen molar-refractivity contribution in [1.82, 2.24) is 9.91 Å². The number of rotatable bonds is 4. The fraction of sp³-hybridized carbons (Fsp3) is 0.700. The minimum absolute atomic E-state index is 0.276. The quantitative estimate of drug-likeness (QED) is 0.664. The number of amides is 1. The number of hydrazone groups is 1. The monoisotopic (exact) mass is 257 g/mol. The molecule has 1 N–H and O–H groups in total. The molecule has 8 heteroatoms. The van der Waals surface area contributed by atoms with Crippen LogP contribution in [0.5, 0.6) is 0 Å². The lowest BCUT2D eigenvalue weighted by molar-refractivity contribution is -0.128. The number of nitrogens with zero attached hydrogens (tertiary/aromatic N) is 3. The number of carboxylic acid groups (broad SMARTS) is 1. The minimum Gasteiger partial charge on any atom is -0.477 e. The summed E-state index contributed by atoms with van der Waals surface area (Å²) in [6.07, 6.45) is -0.203. The van der Waals surface area contributed by atoms with Crippen LogP contribution in [-0.4, -0.2) is 78.8 Å². The molecule has 8 nitrogen and oxygen atoms in total. The maximum atomic E-state index is 11.4. The first kappa shape index (κ1) is 12.8. The summed E-state index contributed by atoms with van der Waals surface area (Å²) in [4.78, 5) is 23.8. The highest BCUT2D eigenvalue weighted by atomic mass is 16.6. The van der Waals surface area contributed by atoms with Crippen molar-refractivity contribution in [3.63, 3.8) is 0 Å². The zero-order chi connectivity index (χ0) is 13.0. The van der Waals surface area contributed by atoms with Crippen molar-refractivity contribution in [1.29, 1.82) is 0 Å². The van der Waals surface area contributed by atoms with Crippen LogP contribution < -0.4 is 0 Å². The molecule has 0 aromatic rings. The van der Waals surface area contributed by atoms with Crippen LogP contribution in [0.4, 0.5) is 4.79 Å². The number of hydrogen-bond acceptors (Lipinski definition) is 6. The summed E-state index contributed by atoms with van der Waals surface area (Å²) < 4.78 is 10.3. The van der Waals surface area contributed by atoms with Gasteiger partial charge in [0.05, 0.1) is 19.8 Å². The summed E-state index contributed by atoms with van der Waals surface area (Å²) in [7, 11) is 0. The van der Waals surface area contributed by atoms with Crippen molar-refractivity contribution in [3.8, 4) is 0 Å². The zero-order valence-corrected chi connectivity index (χ0v) is 9.82. The van der Waals surface area contributed by atoms with Gasteiger partial charge in [-0.2, -0.15) is 10.1 Å². The Morgan fingerprint density at radius 2 is 2.22 bits per heavy atom. The summed E-state index contributed by atoms with van der Waals surface area (Å²) in [5, 5.41) is 13.0. The molecule has 2 saturated heterocycles. The molecule has 2 aliphatic rings. The lowest BCUT2D eigenvalue weighted by atomic mass is 10.3. The predicted molar refractivity (Wildman–Crippen MR) is 60.4 cm³/mol. The highest BCUT2D eigenvalue weighted by Gasteiger charge is 2.32. The van der Waals surface area contributed by atoms with Crippen LogP contribution in [0.15, 0.2) is 5.10 Å². The average molecular weight is 257 g/mol. The van der Waals surface area contributed by atoms with E-state index >= 15 is 0 Å². The van der Waals surface area contributed by atoms with E-state index in [1.807, 2.05) is 0 Å². The van der Waals surface area contributed by atoms with E-state index in [0.717, 1.165) is 18.1 Å². The second-order valence-corrected chi connectivity index (χ2v) is 4.08. The maximum Gasteiger partial charge on any atom is 0.430 e. The Bertz CT molecular complexity index is 353. The topological polar surface area (TPSA) is 91.7 Å². The molecular weight excluding hydrogens is 242 g/mol. The van der Waals surface area contributed by atoms with E-state index in [9.17, 15) is 9.59 Å². The van der Waals surface area contributed by atoms with Crippen LogP contribution in [0.3, 0.4) is 0 Å². The van der Waals surface area contributed by atoms with Gasteiger partial charge in [-0.15, -0.1) is 0 Å². The van der Waals surface area contributed by atoms with Gasteiger partial charge in [-0.25, -0.2) is 9.59 Å². The third kappa shape index (κ3) is 3.41. The molecule has 0 aromatic heterocycles. The molecule has 0 radical (unpaired) electrons. The molecule has 0 bridgehead atoms. The molecule has 1 unspecified atom stereocenters. The lowest BCUT2D eigenvalue weighted by Crippen LogP contribution is -2.41. The Morgan fingerprint density at radius 3 is 2.89 bits per heavy atom. The Morgan fingerprint density at radius 1 is 1.50 bits per heavy atom. The van der Waals surface area contributed by atoms with Gasteiger partial charge in [0.15, 0.2) is 0 Å². The fourth-order valence-electron chi connectivity index (χ4n) is 1.89. The molecule has 2 aliphatic heterocycles. The van der Waals surface area contributed by atoms with Gasteiger partial charge in [-0.3, -0.25) is 4.90 Å². The largest absolute Gasteiger partial charge is 0.477 e. The van der Waals surface area contributed by atoms with Crippen LogP contribution in [0.25, 0.3) is 0 Å². The first-order valence-electron chi connectivity index (χ1n) is 5.70. The van der Waals surface area contributed by atoms with E-state index in [-0.39, 0.29) is 12.6 Å². The van der Waals surface area contributed by atoms with Crippen molar-refractivity contribution in [2.24, 2.45) is 5.10 Å². The van der Waals surface area contributed by atoms with Gasteiger partial charge >= 0.3 is 12.1 Å². The van der Waals surface area contributed by atoms with Gasteiger partial charge in [0.1, 0.15) is 12.3 Å². The van der Waals surface area contributed by atoms with Crippen molar-refractivity contribution < 1.29 is 24.2 Å². The fourth-order valence-corrected chi connectivity index (χ4v) is 1.89. The molecule has 2 fully saturated rings. The summed E-state index contributed by atoms with van der Waals surface area (Å²) in [5.41, 5.74) is 0. The number of carboxylic acids is 1. The van der Waals surface area contributed by atoms with Gasteiger partial charge in [0, 0.05) is 19.6 Å². The molecule has 0 aromatic carbocycles. The van der Waals surface area contributed by atoms with Gasteiger partial charge < -0.3 is 14.6 Å². The lowest BCUT2D eigenvalue weighted by Gasteiger charge is -2.27. The summed E-state index contributed by atoms with van der Waals surface area (Å²) in [6.45, 7) is 3.89. The zero-order valence-electron chi connectivity index (χ0n) is 9.82. The van der Waals surface area contributed by atoms with E-state index < -0.39 is 12.1 Å². The van der Waals surface area contributed by atoms with Gasteiger partial charge in [0.25, 0.3) is 0 Å². The predicted octanol–water partition coefficient (Wildman–Crippen LogP) is -0.790. The van der Waals surface area contributed by atoms with Gasteiger partial charge in [0.2, 0.25) is 0 Å². The second-order valence-electron chi connectivity index (χ2n) is 4.08. The smallest absolute Gasteiger partial charge is 0.430 e. The Kier molecular flexibility index (Phi) is 4.11. The highest BCUT2D eigenvalue weighted by Crippen LogP contribution is 2.13. The molecule has 1 atom stereocenters. The number of cyclic esters (lactones) is 1. The maximum absolute atomic E-state index is 11.4. The number of ether oxygens (including phenoxy) is 2. The number of hydrogen-bond donors (Lipinski definition) is 1. The van der Waals surface area contributed by atoms with Crippen molar-refractivity contribution >= 4 is 18.3 Å². The molecule has 100 valence electrons. The molecular formula is C10H15N3O5. The van der Waals surface area contributed by atoms with Gasteiger partial charge in [-0.05, 0) is 0 Å². The SMILES string of the molecule is O=C(O)/C=N/N1CC(CN2CCOCC2)OC1=O. The van der Waals surface area contributed by atoms with Gasteiger partial charge in [-0.1, -0.05) is 0 Å². The third-order valence-electron chi connectivity index (χ3n) is 2.73. The molecule has 0 spiro atoms. The Balaban J connectivity index is 1.82. The Hall–Kier alpha value is -1.67. The minimum atomic E-state index is -1.19. The number of aliphatic carboxylic acids is 1. The number of carbonyl (C=O) groups is 2. The van der Waals surface area contributed by atoms with Crippen LogP contribution >= 0.6 is 0 Å². The van der Waals surface area contributed by atoms with E-state index in [1.54, 1.807) is 0 Å². The molecule has 2 heterocycles. The molecule has 0 saturated carbocycles. The summed E-state index contributed by atoms with van der Waals surface area (Å²) in [6, 6.07) is 0. The van der Waals surface area contributed by atoms with Crippen LogP contribution in [0.1, 0.15) is 0 Å². The molecule has 1 amide bonds. The van der Waals surface area contributed by atoms with E-state index in [2.05, 4.69) is 10.0 Å². The normalized spacial score (nSPS) is 25.7. The van der Waals surface area contributed by atoms with Crippen molar-refractivity contribution in [2.75, 3.05) is 39.4 Å². The first-order chi connectivity index (χ1) is 8.65. The van der Waals surface area contributed by atoms with Crippen LogP contribution in [0, 0.1) is 0 Å². The number of morpholine rings is 1. The summed E-state index contributed by atoms with van der Waals surface area (Å²) >= 11 is 0. The van der Waals surface area contributed by atoms with Crippen molar-refractivity contribution in [3.05, 3.63) is 0 Å². The third-order valence-corrected chi connectivity index (χ3v) is 2.73. The average Bonchev–Trinajstić information content (AvgIpc) is 2.68. The van der Waals surface area contributed by atoms with E-state index in [1.165, 1.54) is 0 Å². The standard InChI is InChI=1S/C10H15N3O5/c14-9(15)5-11-13-7-8(18-10(13)16)6-12-1-3-17-4-2-12/h5,8H,1-4,6-7H2,(H,14,15)/b11-5+. The second kappa shape index (κ2) is 5.78. The summed E-state index contributed by atoms with van der Waals surface area (Å²) in [5.74, 6) is -1.19. The molecule has 18 heavy (non-hydrogen) atoms. The first-order valence-corrected chi connectivity index (χ1v) is 5.70. The molecule has 2 rings (SSSR count). The molecule has 0 aliphatic carbocycles. The van der Waals surface area contributed by atoms with E-state index in [0.29, 0.717) is 26.0 Å². The van der Waals surface area contributed by atoms with Crippen LogP contribution in [-0.2, 0) is 14.3 Å². The van der Waals surface area contributed by atoms with E-state index in [4.69, 9.17) is 14.6 Å². The number of carbonyl (C=O) groups excluding carboxylic acids is 1. The highest BCUT2D eigenvalue weighted by molar-refractivity contribution is 6.22. The van der Waals surface area contributed by atoms with Crippen molar-refractivity contribution in [2.45, 2.75) is 6.10 Å². The Labute approximate surface area is 104 Å².